The van der Waals surface area contributed by atoms with Crippen LogP contribution >= 0.6 is 0 Å². The molecule has 0 radical (unpaired) electrons. The van der Waals surface area contributed by atoms with Crippen molar-refractivity contribution in [2.24, 2.45) is 0 Å². The Labute approximate surface area is 95.6 Å². The summed E-state index contributed by atoms with van der Waals surface area (Å²) in [5.41, 5.74) is 1.00. The Hall–Kier alpha value is -2.01. The topological polar surface area (TPSA) is 37.3 Å². The zero-order valence-electron chi connectivity index (χ0n) is 9.02. The highest BCUT2D eigenvalue weighted by Crippen LogP contribution is 1.96. The maximum atomic E-state index is 10.2. The molecule has 0 aliphatic heterocycles. The molecular weight excluding hydrogens is 200 g/mol. The molecule has 0 aliphatic carbocycles. The van der Waals surface area contributed by atoms with Crippen molar-refractivity contribution in [3.8, 4) is 11.8 Å². The number of hydrogen-bond donors (Lipinski definition) is 1. The SMILES string of the molecule is O=C(O)CC/C=C/CC#Cc1ccccc1. The number of carboxylic acids is 1. The number of rotatable bonds is 4. The molecule has 2 nitrogen and oxygen atoms in total. The summed E-state index contributed by atoms with van der Waals surface area (Å²) >= 11 is 0. The number of aliphatic carboxylic acids is 1. The van der Waals surface area contributed by atoms with Crippen LogP contribution in [0.1, 0.15) is 24.8 Å². The van der Waals surface area contributed by atoms with E-state index in [1.807, 2.05) is 42.5 Å². The summed E-state index contributed by atoms with van der Waals surface area (Å²) in [5, 5.41) is 8.40. The van der Waals surface area contributed by atoms with Gasteiger partial charge in [-0.3, -0.25) is 4.79 Å². The maximum absolute atomic E-state index is 10.2. The fourth-order valence-electron chi connectivity index (χ4n) is 1.14. The first-order valence-corrected chi connectivity index (χ1v) is 5.20. The van der Waals surface area contributed by atoms with Crippen molar-refractivity contribution in [1.82, 2.24) is 0 Å². The summed E-state index contributed by atoms with van der Waals surface area (Å²) in [5.74, 6) is 5.27. The van der Waals surface area contributed by atoms with Crippen molar-refractivity contribution in [3.05, 3.63) is 48.0 Å². The van der Waals surface area contributed by atoms with Gasteiger partial charge in [0.15, 0.2) is 0 Å². The van der Waals surface area contributed by atoms with Crippen molar-refractivity contribution in [2.45, 2.75) is 19.3 Å². The molecule has 0 fully saturated rings. The van der Waals surface area contributed by atoms with Crippen LogP contribution in [0.4, 0.5) is 0 Å². The van der Waals surface area contributed by atoms with E-state index in [9.17, 15) is 4.79 Å². The standard InChI is InChI=1S/C14H14O2/c15-14(16)12-8-3-1-2-5-9-13-10-6-4-7-11-13/h1,3-4,6-7,10-11H,2,8,12H2,(H,15,16)/b3-1+. The zero-order valence-corrected chi connectivity index (χ0v) is 9.02. The van der Waals surface area contributed by atoms with Crippen molar-refractivity contribution in [2.75, 3.05) is 0 Å². The Bertz CT molecular complexity index is 407. The molecule has 0 amide bonds. The lowest BCUT2D eigenvalue weighted by Gasteiger charge is -1.86. The molecule has 0 heterocycles. The lowest BCUT2D eigenvalue weighted by molar-refractivity contribution is -0.136. The van der Waals surface area contributed by atoms with Crippen LogP contribution in [0.25, 0.3) is 0 Å². The number of carboxylic acid groups (broad SMARTS) is 1. The Balaban J connectivity index is 2.25. The second kappa shape index (κ2) is 7.30. The number of benzene rings is 1. The molecule has 1 rings (SSSR count). The second-order valence-corrected chi connectivity index (χ2v) is 3.28. The van der Waals surface area contributed by atoms with Crippen molar-refractivity contribution in [3.63, 3.8) is 0 Å². The Morgan fingerprint density at radius 3 is 2.69 bits per heavy atom. The van der Waals surface area contributed by atoms with Crippen LogP contribution in [0.5, 0.6) is 0 Å². The molecule has 0 aromatic heterocycles. The molecule has 1 N–H and O–H groups in total. The smallest absolute Gasteiger partial charge is 0.303 e. The molecule has 16 heavy (non-hydrogen) atoms. The van der Waals surface area contributed by atoms with Gasteiger partial charge in [-0.1, -0.05) is 42.2 Å². The van der Waals surface area contributed by atoms with E-state index in [0.29, 0.717) is 12.8 Å². The molecular formula is C14H14O2. The van der Waals surface area contributed by atoms with Crippen LogP contribution < -0.4 is 0 Å². The molecule has 0 bridgehead atoms. The largest absolute Gasteiger partial charge is 0.481 e. The molecule has 82 valence electrons. The molecule has 1 aromatic rings. The van der Waals surface area contributed by atoms with E-state index in [1.165, 1.54) is 0 Å². The molecule has 0 atom stereocenters. The fraction of sp³-hybridized carbons (Fsp3) is 0.214. The highest BCUT2D eigenvalue weighted by Gasteiger charge is 1.90. The lowest BCUT2D eigenvalue weighted by atomic mass is 10.2. The maximum Gasteiger partial charge on any atom is 0.303 e. The van der Waals surface area contributed by atoms with Gasteiger partial charge >= 0.3 is 5.97 Å². The van der Waals surface area contributed by atoms with Gasteiger partial charge in [-0.25, -0.2) is 0 Å². The predicted molar refractivity (Wildman–Crippen MR) is 63.9 cm³/mol. The Kier molecular flexibility index (Phi) is 5.51. The van der Waals surface area contributed by atoms with Gasteiger partial charge in [0.25, 0.3) is 0 Å². The Morgan fingerprint density at radius 2 is 2.00 bits per heavy atom. The third-order valence-corrected chi connectivity index (χ3v) is 1.92. The fourth-order valence-corrected chi connectivity index (χ4v) is 1.14. The molecule has 0 unspecified atom stereocenters. The van der Waals surface area contributed by atoms with Crippen LogP contribution in [0.15, 0.2) is 42.5 Å². The van der Waals surface area contributed by atoms with Gasteiger partial charge in [0, 0.05) is 18.4 Å². The third-order valence-electron chi connectivity index (χ3n) is 1.92. The van der Waals surface area contributed by atoms with Gasteiger partial charge in [0.2, 0.25) is 0 Å². The Morgan fingerprint density at radius 1 is 1.25 bits per heavy atom. The minimum Gasteiger partial charge on any atom is -0.481 e. The minimum absolute atomic E-state index is 0.183. The predicted octanol–water partition coefficient (Wildman–Crippen LogP) is 2.85. The van der Waals surface area contributed by atoms with Crippen LogP contribution in [0.2, 0.25) is 0 Å². The summed E-state index contributed by atoms with van der Waals surface area (Å²) in [6, 6.07) is 9.78. The van der Waals surface area contributed by atoms with Gasteiger partial charge in [-0.05, 0) is 18.6 Å². The summed E-state index contributed by atoms with van der Waals surface area (Å²) in [6.07, 6.45) is 5.17. The highest BCUT2D eigenvalue weighted by atomic mass is 16.4. The molecule has 0 saturated carbocycles. The van der Waals surface area contributed by atoms with Crippen molar-refractivity contribution >= 4 is 5.97 Å². The number of carbonyl (C=O) groups is 1. The van der Waals surface area contributed by atoms with Crippen LogP contribution in [0.3, 0.4) is 0 Å². The summed E-state index contributed by atoms with van der Waals surface area (Å²) in [6.45, 7) is 0. The van der Waals surface area contributed by atoms with Crippen LogP contribution in [-0.2, 0) is 4.79 Å². The molecule has 0 saturated heterocycles. The van der Waals surface area contributed by atoms with E-state index in [0.717, 1.165) is 5.56 Å². The quantitative estimate of drug-likeness (QED) is 0.618. The van der Waals surface area contributed by atoms with E-state index in [2.05, 4.69) is 11.8 Å². The lowest BCUT2D eigenvalue weighted by Crippen LogP contribution is -1.91. The van der Waals surface area contributed by atoms with Gasteiger partial charge in [0.05, 0.1) is 0 Å². The van der Waals surface area contributed by atoms with E-state index in [1.54, 1.807) is 0 Å². The van der Waals surface area contributed by atoms with Gasteiger partial charge in [-0.2, -0.15) is 0 Å². The highest BCUT2D eigenvalue weighted by molar-refractivity contribution is 5.66. The normalized spacial score (nSPS) is 9.75. The third kappa shape index (κ3) is 5.66. The van der Waals surface area contributed by atoms with E-state index in [4.69, 9.17) is 5.11 Å². The van der Waals surface area contributed by atoms with E-state index >= 15 is 0 Å². The van der Waals surface area contributed by atoms with Crippen LogP contribution in [0, 0.1) is 11.8 Å². The molecule has 2 heteroatoms. The van der Waals surface area contributed by atoms with Crippen molar-refractivity contribution < 1.29 is 9.90 Å². The first-order valence-electron chi connectivity index (χ1n) is 5.20. The average Bonchev–Trinajstić information content (AvgIpc) is 2.29. The second-order valence-electron chi connectivity index (χ2n) is 3.28. The van der Waals surface area contributed by atoms with E-state index < -0.39 is 5.97 Å². The van der Waals surface area contributed by atoms with E-state index in [-0.39, 0.29) is 6.42 Å². The number of hydrogen-bond acceptors (Lipinski definition) is 1. The minimum atomic E-state index is -0.764. The van der Waals surface area contributed by atoms with Gasteiger partial charge < -0.3 is 5.11 Å². The molecule has 0 spiro atoms. The first-order chi connectivity index (χ1) is 7.79. The monoisotopic (exact) mass is 214 g/mol. The van der Waals surface area contributed by atoms with Gasteiger partial charge in [-0.15, -0.1) is 0 Å². The number of allylic oxidation sites excluding steroid dienone is 2. The van der Waals surface area contributed by atoms with Crippen molar-refractivity contribution in [1.29, 1.82) is 0 Å². The molecule has 1 aromatic carbocycles. The zero-order chi connectivity index (χ0) is 11.6. The van der Waals surface area contributed by atoms with Crippen LogP contribution in [-0.4, -0.2) is 11.1 Å². The molecule has 0 aliphatic rings. The first kappa shape index (κ1) is 12.1. The summed E-state index contributed by atoms with van der Waals surface area (Å²) in [7, 11) is 0. The average molecular weight is 214 g/mol. The summed E-state index contributed by atoms with van der Waals surface area (Å²) in [4.78, 5) is 10.2. The van der Waals surface area contributed by atoms with Gasteiger partial charge in [0.1, 0.15) is 0 Å². The summed E-state index contributed by atoms with van der Waals surface area (Å²) < 4.78 is 0.